The van der Waals surface area contributed by atoms with Crippen LogP contribution in [0, 0.1) is 6.92 Å². The van der Waals surface area contributed by atoms with Crippen molar-refractivity contribution in [3.63, 3.8) is 0 Å². The summed E-state index contributed by atoms with van der Waals surface area (Å²) in [6, 6.07) is 6.50. The Bertz CT molecular complexity index is 461. The molecular formula is C15H20. The Labute approximate surface area is 92.6 Å². The van der Waals surface area contributed by atoms with Crippen LogP contribution in [0.3, 0.4) is 0 Å². The Morgan fingerprint density at radius 2 is 1.80 bits per heavy atom. The first kappa shape index (κ1) is 11.8. The molecule has 2 rings (SSSR count). The van der Waals surface area contributed by atoms with Crippen LogP contribution in [0.25, 0.3) is 11.6 Å². The van der Waals surface area contributed by atoms with Gasteiger partial charge in [-0.3, -0.25) is 0 Å². The minimum absolute atomic E-state index is 1.05. The van der Waals surface area contributed by atoms with Crippen molar-refractivity contribution in [2.45, 2.75) is 34.1 Å². The van der Waals surface area contributed by atoms with Gasteiger partial charge in [-0.15, -0.1) is 0 Å². The summed E-state index contributed by atoms with van der Waals surface area (Å²) in [5, 5.41) is 2.79. The monoisotopic (exact) mass is 200 g/mol. The van der Waals surface area contributed by atoms with Crippen LogP contribution in [0.4, 0.5) is 0 Å². The van der Waals surface area contributed by atoms with Crippen LogP contribution in [0.15, 0.2) is 30.4 Å². The number of fused-ring (bicyclic) bond motifs is 1. The van der Waals surface area contributed by atoms with Crippen LogP contribution < -0.4 is 10.4 Å². The molecule has 1 aromatic carbocycles. The van der Waals surface area contributed by atoms with Crippen LogP contribution in [0.5, 0.6) is 0 Å². The molecule has 0 unspecified atom stereocenters. The molecule has 0 nitrogen and oxygen atoms in total. The van der Waals surface area contributed by atoms with Gasteiger partial charge in [0.05, 0.1) is 0 Å². The van der Waals surface area contributed by atoms with Gasteiger partial charge in [0.15, 0.2) is 0 Å². The Balaban J connectivity index is 0.000000531. The van der Waals surface area contributed by atoms with E-state index in [1.165, 1.54) is 21.6 Å². The summed E-state index contributed by atoms with van der Waals surface area (Å²) in [6.45, 7) is 8.36. The van der Waals surface area contributed by atoms with Gasteiger partial charge >= 0.3 is 0 Å². The topological polar surface area (TPSA) is 0 Å². The van der Waals surface area contributed by atoms with E-state index in [9.17, 15) is 0 Å². The zero-order valence-electron chi connectivity index (χ0n) is 10.2. The molecule has 0 radical (unpaired) electrons. The van der Waals surface area contributed by atoms with E-state index in [0.29, 0.717) is 0 Å². The molecule has 0 saturated carbocycles. The number of benzene rings is 1. The van der Waals surface area contributed by atoms with Gasteiger partial charge < -0.3 is 0 Å². The van der Waals surface area contributed by atoms with Crippen LogP contribution in [-0.2, 0) is 0 Å². The highest BCUT2D eigenvalue weighted by atomic mass is 14.0. The second-order valence-electron chi connectivity index (χ2n) is 3.56. The van der Waals surface area contributed by atoms with Gasteiger partial charge in [-0.2, -0.15) is 0 Å². The van der Waals surface area contributed by atoms with Gasteiger partial charge in [0.25, 0.3) is 0 Å². The molecule has 0 fully saturated rings. The van der Waals surface area contributed by atoms with Crippen molar-refractivity contribution in [3.8, 4) is 0 Å². The summed E-state index contributed by atoms with van der Waals surface area (Å²) in [6.07, 6.45) is 7.77. The minimum Gasteiger partial charge on any atom is -0.0804 e. The minimum atomic E-state index is 1.05. The molecule has 1 aliphatic carbocycles. The molecule has 0 saturated heterocycles. The molecule has 0 amide bonds. The Morgan fingerprint density at radius 1 is 1.07 bits per heavy atom. The fourth-order valence-electron chi connectivity index (χ4n) is 1.92. The third kappa shape index (κ3) is 2.59. The molecular weight excluding hydrogens is 180 g/mol. The van der Waals surface area contributed by atoms with E-state index < -0.39 is 0 Å². The predicted octanol–water partition coefficient (Wildman–Crippen LogP) is 2.93. The van der Waals surface area contributed by atoms with Crippen molar-refractivity contribution < 1.29 is 0 Å². The normalized spacial score (nSPS) is 13.2. The lowest BCUT2D eigenvalue weighted by molar-refractivity contribution is 1.34. The highest BCUT2D eigenvalue weighted by molar-refractivity contribution is 5.58. The van der Waals surface area contributed by atoms with E-state index in [1.807, 2.05) is 13.8 Å². The molecule has 0 atom stereocenters. The lowest BCUT2D eigenvalue weighted by Gasteiger charge is -1.98. The summed E-state index contributed by atoms with van der Waals surface area (Å²) < 4.78 is 0. The van der Waals surface area contributed by atoms with E-state index in [-0.39, 0.29) is 0 Å². The fraction of sp³-hybridized carbons (Fsp3) is 0.333. The van der Waals surface area contributed by atoms with Crippen LogP contribution >= 0.6 is 0 Å². The third-order valence-electron chi connectivity index (χ3n) is 2.54. The Kier molecular flexibility index (Phi) is 4.36. The molecule has 1 aromatic rings. The summed E-state index contributed by atoms with van der Waals surface area (Å²) in [4.78, 5) is 0. The zero-order valence-corrected chi connectivity index (χ0v) is 10.2. The largest absolute Gasteiger partial charge is 0.0804 e. The van der Waals surface area contributed by atoms with E-state index >= 15 is 0 Å². The van der Waals surface area contributed by atoms with Gasteiger partial charge in [-0.1, -0.05) is 50.3 Å². The molecule has 0 spiro atoms. The Hall–Kier alpha value is -1.30. The summed E-state index contributed by atoms with van der Waals surface area (Å²) >= 11 is 0. The van der Waals surface area contributed by atoms with E-state index in [1.54, 1.807) is 0 Å². The molecule has 0 bridgehead atoms. The van der Waals surface area contributed by atoms with Gasteiger partial charge in [0.1, 0.15) is 0 Å². The maximum absolute atomic E-state index is 2.29. The number of allylic oxidation sites excluding steroid dienone is 2. The number of hydrogen-bond acceptors (Lipinski definition) is 0. The number of rotatable bonds is 0. The van der Waals surface area contributed by atoms with Crippen molar-refractivity contribution in [2.75, 3.05) is 0 Å². The van der Waals surface area contributed by atoms with Crippen molar-refractivity contribution >= 4 is 11.6 Å². The molecule has 0 heterocycles. The first-order chi connectivity index (χ1) is 7.29. The van der Waals surface area contributed by atoms with Crippen molar-refractivity contribution in [1.82, 2.24) is 0 Å². The standard InChI is InChI=1S/C13H14.C2H6/c1-10-6-3-4-8-12-9-5-7-11(2)13(10)12;1-2/h3,5-9H,4H2,1-2H3;1-2H3. The van der Waals surface area contributed by atoms with Crippen molar-refractivity contribution in [2.24, 2.45) is 0 Å². The number of hydrogen-bond donors (Lipinski definition) is 0. The summed E-state index contributed by atoms with van der Waals surface area (Å²) in [5.74, 6) is 0. The second-order valence-corrected chi connectivity index (χ2v) is 3.56. The average molecular weight is 200 g/mol. The highest BCUT2D eigenvalue weighted by Crippen LogP contribution is 1.99. The predicted molar refractivity (Wildman–Crippen MR) is 69.1 cm³/mol. The molecule has 15 heavy (non-hydrogen) atoms. The lowest BCUT2D eigenvalue weighted by Crippen LogP contribution is -2.28. The van der Waals surface area contributed by atoms with Gasteiger partial charge in [0, 0.05) is 0 Å². The van der Waals surface area contributed by atoms with Gasteiger partial charge in [-0.05, 0) is 41.8 Å². The molecule has 0 N–H and O–H groups in total. The second kappa shape index (κ2) is 5.55. The van der Waals surface area contributed by atoms with Crippen LogP contribution in [0.1, 0.15) is 32.8 Å². The van der Waals surface area contributed by atoms with Crippen LogP contribution in [-0.4, -0.2) is 0 Å². The summed E-state index contributed by atoms with van der Waals surface area (Å²) in [7, 11) is 0. The zero-order chi connectivity index (χ0) is 11.3. The first-order valence-corrected chi connectivity index (χ1v) is 5.72. The van der Waals surface area contributed by atoms with E-state index in [2.05, 4.69) is 50.3 Å². The number of aryl methyl sites for hydroxylation is 1. The van der Waals surface area contributed by atoms with Gasteiger partial charge in [0.2, 0.25) is 0 Å². The van der Waals surface area contributed by atoms with E-state index in [4.69, 9.17) is 0 Å². The maximum atomic E-state index is 2.29. The average Bonchev–Trinajstić information content (AvgIpc) is 2.45. The fourth-order valence-corrected chi connectivity index (χ4v) is 1.92. The molecule has 0 aromatic heterocycles. The summed E-state index contributed by atoms with van der Waals surface area (Å²) in [5.41, 5.74) is 2.75. The Morgan fingerprint density at radius 3 is 2.53 bits per heavy atom. The van der Waals surface area contributed by atoms with Crippen LogP contribution in [0.2, 0.25) is 0 Å². The SMILES string of the molecule is CC.CC1=c2c(C)cccc2=CCC=C1. The van der Waals surface area contributed by atoms with E-state index in [0.717, 1.165) is 6.42 Å². The first-order valence-electron chi connectivity index (χ1n) is 5.72. The van der Waals surface area contributed by atoms with Gasteiger partial charge in [-0.25, -0.2) is 0 Å². The third-order valence-corrected chi connectivity index (χ3v) is 2.54. The lowest BCUT2D eigenvalue weighted by atomic mass is 10.1. The maximum Gasteiger partial charge on any atom is -0.0129 e. The highest BCUT2D eigenvalue weighted by Gasteiger charge is 1.96. The van der Waals surface area contributed by atoms with Crippen molar-refractivity contribution in [3.05, 3.63) is 46.4 Å². The quantitative estimate of drug-likeness (QED) is 0.604. The molecule has 80 valence electrons. The molecule has 0 aliphatic heterocycles. The molecule has 1 aliphatic rings. The smallest absolute Gasteiger partial charge is 0.0129 e. The molecule has 0 heteroatoms. The van der Waals surface area contributed by atoms with Crippen molar-refractivity contribution in [1.29, 1.82) is 0 Å².